The number of piperidine rings is 1. The predicted octanol–water partition coefficient (Wildman–Crippen LogP) is 4.67. The number of hydrogen-bond donors (Lipinski definition) is 1. The third kappa shape index (κ3) is 4.74. The van der Waals surface area contributed by atoms with E-state index in [0.29, 0.717) is 24.2 Å². The molecular weight excluding hydrogens is 464 g/mol. The van der Waals surface area contributed by atoms with Gasteiger partial charge in [0.2, 0.25) is 10.0 Å². The fourth-order valence-electron chi connectivity index (χ4n) is 3.88. The lowest BCUT2D eigenvalue weighted by molar-refractivity contribution is 0.0691. The van der Waals surface area contributed by atoms with Crippen molar-refractivity contribution in [2.45, 2.75) is 36.5 Å². The number of sulfonamides is 1. The highest BCUT2D eigenvalue weighted by Gasteiger charge is 2.32. The maximum Gasteiger partial charge on any atom is 0.338 e. The lowest BCUT2D eigenvalue weighted by Crippen LogP contribution is -2.39. The standard InChI is InChI=1S/C22H22ClF2NO5S/c23-18-9-15(3-4-19(18)24)32(29,30)26-7-5-13(6-8-26)12-31-21-11-20(25)17(22(27)28)10-16(21)14-1-2-14/h3-4,9-11,13-14H,1-2,5-8,12H2,(H,27,28). The smallest absolute Gasteiger partial charge is 0.338 e. The Morgan fingerprint density at radius 3 is 2.38 bits per heavy atom. The van der Waals surface area contributed by atoms with Crippen LogP contribution in [0.2, 0.25) is 5.02 Å². The number of carboxylic acid groups (broad SMARTS) is 1. The van der Waals surface area contributed by atoms with Crippen LogP contribution in [0.4, 0.5) is 8.78 Å². The summed E-state index contributed by atoms with van der Waals surface area (Å²) in [5, 5.41) is 8.91. The molecule has 2 aromatic rings. The van der Waals surface area contributed by atoms with Crippen molar-refractivity contribution in [1.82, 2.24) is 4.31 Å². The summed E-state index contributed by atoms with van der Waals surface area (Å²) in [6.45, 7) is 0.822. The van der Waals surface area contributed by atoms with E-state index >= 15 is 0 Å². The number of ether oxygens (including phenoxy) is 1. The Balaban J connectivity index is 1.39. The van der Waals surface area contributed by atoms with E-state index in [2.05, 4.69) is 0 Å². The normalized spacial score (nSPS) is 18.0. The molecule has 2 aliphatic rings. The Morgan fingerprint density at radius 1 is 1.09 bits per heavy atom. The van der Waals surface area contributed by atoms with Gasteiger partial charge >= 0.3 is 5.97 Å². The van der Waals surface area contributed by atoms with Gasteiger partial charge in [0.15, 0.2) is 0 Å². The maximum atomic E-state index is 14.2. The number of benzene rings is 2. The van der Waals surface area contributed by atoms with Gasteiger partial charge in [0, 0.05) is 19.2 Å². The van der Waals surface area contributed by atoms with Crippen LogP contribution in [0.25, 0.3) is 0 Å². The molecule has 0 bridgehead atoms. The molecule has 0 unspecified atom stereocenters. The fourth-order valence-corrected chi connectivity index (χ4v) is 5.63. The van der Waals surface area contributed by atoms with E-state index in [1.54, 1.807) is 0 Å². The molecule has 1 saturated carbocycles. The SMILES string of the molecule is O=C(O)c1cc(C2CC2)c(OCC2CCN(S(=O)(=O)c3ccc(F)c(Cl)c3)CC2)cc1F. The van der Waals surface area contributed by atoms with Crippen LogP contribution < -0.4 is 4.74 Å². The Morgan fingerprint density at radius 2 is 1.78 bits per heavy atom. The summed E-state index contributed by atoms with van der Waals surface area (Å²) < 4.78 is 60.4. The van der Waals surface area contributed by atoms with Crippen molar-refractivity contribution in [2.24, 2.45) is 5.92 Å². The summed E-state index contributed by atoms with van der Waals surface area (Å²) >= 11 is 5.73. The van der Waals surface area contributed by atoms with Crippen molar-refractivity contribution < 1.29 is 31.8 Å². The number of hydrogen-bond acceptors (Lipinski definition) is 4. The van der Waals surface area contributed by atoms with E-state index < -0.39 is 27.6 Å². The van der Waals surface area contributed by atoms with Gasteiger partial charge in [-0.3, -0.25) is 0 Å². The summed E-state index contributed by atoms with van der Waals surface area (Å²) in [4.78, 5) is 11.2. The van der Waals surface area contributed by atoms with Crippen LogP contribution >= 0.6 is 11.6 Å². The zero-order valence-electron chi connectivity index (χ0n) is 17.1. The molecule has 0 amide bonds. The lowest BCUT2D eigenvalue weighted by atomic mass is 9.99. The van der Waals surface area contributed by atoms with Crippen molar-refractivity contribution >= 4 is 27.6 Å². The third-order valence-electron chi connectivity index (χ3n) is 5.92. The summed E-state index contributed by atoms with van der Waals surface area (Å²) in [6, 6.07) is 5.82. The van der Waals surface area contributed by atoms with Gasteiger partial charge in [-0.1, -0.05) is 11.6 Å². The zero-order chi connectivity index (χ0) is 23.0. The second-order valence-corrected chi connectivity index (χ2v) is 10.5. The molecule has 2 fully saturated rings. The van der Waals surface area contributed by atoms with Gasteiger partial charge < -0.3 is 9.84 Å². The molecule has 2 aromatic carbocycles. The average Bonchev–Trinajstić information content (AvgIpc) is 3.59. The van der Waals surface area contributed by atoms with Crippen molar-refractivity contribution in [3.8, 4) is 5.75 Å². The number of carboxylic acids is 1. The largest absolute Gasteiger partial charge is 0.493 e. The predicted molar refractivity (Wildman–Crippen MR) is 114 cm³/mol. The van der Waals surface area contributed by atoms with E-state index in [1.807, 2.05) is 0 Å². The van der Waals surface area contributed by atoms with Crippen molar-refractivity contribution in [3.63, 3.8) is 0 Å². The van der Waals surface area contributed by atoms with E-state index in [1.165, 1.54) is 16.4 Å². The first-order valence-corrected chi connectivity index (χ1v) is 12.1. The minimum absolute atomic E-state index is 0.0540. The molecule has 0 radical (unpaired) electrons. The summed E-state index contributed by atoms with van der Waals surface area (Å²) in [6.07, 6.45) is 2.90. The van der Waals surface area contributed by atoms with E-state index in [9.17, 15) is 22.0 Å². The molecule has 0 aromatic heterocycles. The highest BCUT2D eigenvalue weighted by Crippen LogP contribution is 2.45. The number of halogens is 3. The molecule has 4 rings (SSSR count). The summed E-state index contributed by atoms with van der Waals surface area (Å²) in [7, 11) is -3.78. The minimum atomic E-state index is -3.78. The highest BCUT2D eigenvalue weighted by atomic mass is 35.5. The number of nitrogens with zero attached hydrogens (tertiary/aromatic N) is 1. The molecule has 1 aliphatic heterocycles. The molecule has 6 nitrogen and oxygen atoms in total. The Kier molecular flexibility index (Phi) is 6.42. The van der Waals surface area contributed by atoms with Crippen LogP contribution in [-0.4, -0.2) is 43.5 Å². The zero-order valence-corrected chi connectivity index (χ0v) is 18.6. The Bertz CT molecular complexity index is 1150. The Labute approximate surface area is 189 Å². The molecule has 0 atom stereocenters. The van der Waals surface area contributed by atoms with Gasteiger partial charge in [-0.15, -0.1) is 0 Å². The third-order valence-corrected chi connectivity index (χ3v) is 8.11. The summed E-state index contributed by atoms with van der Waals surface area (Å²) in [5.74, 6) is -2.24. The number of aromatic carboxylic acids is 1. The number of carbonyl (C=O) groups is 1. The van der Waals surface area contributed by atoms with Gasteiger partial charge in [-0.05, 0) is 67.3 Å². The quantitative estimate of drug-likeness (QED) is 0.616. The molecule has 1 saturated heterocycles. The van der Waals surface area contributed by atoms with Crippen LogP contribution in [0.1, 0.15) is 47.5 Å². The molecule has 10 heteroatoms. The molecule has 1 heterocycles. The minimum Gasteiger partial charge on any atom is -0.493 e. The van der Waals surface area contributed by atoms with Crippen molar-refractivity contribution in [1.29, 1.82) is 0 Å². The molecular formula is C22H22ClF2NO5S. The first kappa shape index (κ1) is 22.9. The van der Waals surface area contributed by atoms with E-state index in [0.717, 1.165) is 31.0 Å². The first-order chi connectivity index (χ1) is 15.2. The van der Waals surface area contributed by atoms with Crippen LogP contribution in [0.3, 0.4) is 0 Å². The molecule has 32 heavy (non-hydrogen) atoms. The lowest BCUT2D eigenvalue weighted by Gasteiger charge is -2.31. The average molecular weight is 486 g/mol. The van der Waals surface area contributed by atoms with Crippen molar-refractivity contribution in [2.75, 3.05) is 19.7 Å². The second-order valence-electron chi connectivity index (χ2n) is 8.18. The number of rotatable bonds is 7. The van der Waals surface area contributed by atoms with Gasteiger partial charge in [-0.2, -0.15) is 4.31 Å². The fraction of sp³-hybridized carbons (Fsp3) is 0.409. The van der Waals surface area contributed by atoms with Crippen LogP contribution in [0.5, 0.6) is 5.75 Å². The molecule has 1 aliphatic carbocycles. The molecule has 1 N–H and O–H groups in total. The highest BCUT2D eigenvalue weighted by molar-refractivity contribution is 7.89. The van der Waals surface area contributed by atoms with Gasteiger partial charge in [0.05, 0.1) is 22.1 Å². The van der Waals surface area contributed by atoms with Gasteiger partial charge in [0.25, 0.3) is 0 Å². The van der Waals surface area contributed by atoms with Crippen molar-refractivity contribution in [3.05, 3.63) is 58.1 Å². The Hall–Kier alpha value is -2.23. The van der Waals surface area contributed by atoms with Gasteiger partial charge in [-0.25, -0.2) is 22.0 Å². The van der Waals surface area contributed by atoms with E-state index in [-0.39, 0.29) is 47.0 Å². The maximum absolute atomic E-state index is 14.2. The van der Waals surface area contributed by atoms with Crippen LogP contribution in [-0.2, 0) is 10.0 Å². The van der Waals surface area contributed by atoms with Crippen LogP contribution in [0.15, 0.2) is 35.2 Å². The second kappa shape index (κ2) is 8.96. The summed E-state index contributed by atoms with van der Waals surface area (Å²) in [5.41, 5.74) is 0.343. The van der Waals surface area contributed by atoms with Crippen LogP contribution in [0, 0.1) is 17.6 Å². The first-order valence-electron chi connectivity index (χ1n) is 10.3. The van der Waals surface area contributed by atoms with E-state index in [4.69, 9.17) is 21.4 Å². The topological polar surface area (TPSA) is 83.9 Å². The molecule has 0 spiro atoms. The monoisotopic (exact) mass is 485 g/mol. The van der Waals surface area contributed by atoms with Gasteiger partial charge in [0.1, 0.15) is 17.4 Å². The molecule has 172 valence electrons.